The number of amides is 2. The Hall–Kier alpha value is -2.29. The third-order valence-electron chi connectivity index (χ3n) is 4.29. The molecule has 0 atom stereocenters. The summed E-state index contributed by atoms with van der Waals surface area (Å²) in [6, 6.07) is 7.75. The summed E-state index contributed by atoms with van der Waals surface area (Å²) in [6.07, 6.45) is 1.59. The van der Waals surface area contributed by atoms with E-state index in [0.29, 0.717) is 13.2 Å². The van der Waals surface area contributed by atoms with Gasteiger partial charge in [-0.05, 0) is 36.0 Å². The fraction of sp³-hybridized carbons (Fsp3) is 0.389. The van der Waals surface area contributed by atoms with E-state index in [4.69, 9.17) is 21.7 Å². The minimum absolute atomic E-state index is 0.0637. The molecule has 0 saturated carbocycles. The van der Waals surface area contributed by atoms with Gasteiger partial charge >= 0.3 is 0 Å². The SMILES string of the molecule is COCCN1C(=O)/C(=C\c2ccc(N3CCOCC3)cc2)C(=O)NC1=S. The van der Waals surface area contributed by atoms with Crippen LogP contribution in [0.5, 0.6) is 0 Å². The van der Waals surface area contributed by atoms with Crippen LogP contribution in [-0.4, -0.2) is 68.4 Å². The van der Waals surface area contributed by atoms with Crippen LogP contribution in [0.25, 0.3) is 6.08 Å². The smallest absolute Gasteiger partial charge is 0.265 e. The Morgan fingerprint density at radius 1 is 1.23 bits per heavy atom. The van der Waals surface area contributed by atoms with Crippen molar-refractivity contribution in [2.45, 2.75) is 0 Å². The van der Waals surface area contributed by atoms with Crippen LogP contribution < -0.4 is 10.2 Å². The van der Waals surface area contributed by atoms with Crippen molar-refractivity contribution in [3.8, 4) is 0 Å². The number of carbonyl (C=O) groups is 2. The maximum absolute atomic E-state index is 12.6. The fourth-order valence-corrected chi connectivity index (χ4v) is 3.12. The van der Waals surface area contributed by atoms with Gasteiger partial charge in [-0.2, -0.15) is 0 Å². The van der Waals surface area contributed by atoms with Crippen LogP contribution in [0, 0.1) is 0 Å². The van der Waals surface area contributed by atoms with Crippen LogP contribution in [0.2, 0.25) is 0 Å². The molecule has 2 amide bonds. The number of anilines is 1. The summed E-state index contributed by atoms with van der Waals surface area (Å²) in [7, 11) is 1.54. The number of nitrogens with zero attached hydrogens (tertiary/aromatic N) is 2. The first kappa shape index (κ1) is 18.5. The second kappa shape index (κ2) is 8.39. The molecule has 1 aromatic rings. The quantitative estimate of drug-likeness (QED) is 0.466. The summed E-state index contributed by atoms with van der Waals surface area (Å²) in [6.45, 7) is 3.78. The van der Waals surface area contributed by atoms with Gasteiger partial charge in [0.25, 0.3) is 11.8 Å². The maximum Gasteiger partial charge on any atom is 0.265 e. The van der Waals surface area contributed by atoms with E-state index < -0.39 is 11.8 Å². The predicted molar refractivity (Wildman–Crippen MR) is 102 cm³/mol. The average Bonchev–Trinajstić information content (AvgIpc) is 2.66. The van der Waals surface area contributed by atoms with Gasteiger partial charge in [-0.1, -0.05) is 12.1 Å². The molecule has 0 aliphatic carbocycles. The van der Waals surface area contributed by atoms with Crippen molar-refractivity contribution >= 4 is 40.9 Å². The van der Waals surface area contributed by atoms with Gasteiger partial charge in [-0.15, -0.1) is 0 Å². The number of benzene rings is 1. The zero-order valence-electron chi connectivity index (χ0n) is 14.6. The number of morpholine rings is 1. The molecule has 2 heterocycles. The lowest BCUT2D eigenvalue weighted by atomic mass is 10.1. The van der Waals surface area contributed by atoms with E-state index >= 15 is 0 Å². The van der Waals surface area contributed by atoms with Gasteiger partial charge in [0.1, 0.15) is 5.57 Å². The zero-order valence-corrected chi connectivity index (χ0v) is 15.4. The van der Waals surface area contributed by atoms with E-state index in [9.17, 15) is 9.59 Å². The number of hydrogen-bond acceptors (Lipinski definition) is 6. The van der Waals surface area contributed by atoms with Crippen molar-refractivity contribution in [3.63, 3.8) is 0 Å². The molecule has 2 saturated heterocycles. The number of methoxy groups -OCH3 is 1. The number of carbonyl (C=O) groups excluding carboxylic acids is 2. The molecule has 1 aromatic carbocycles. The molecule has 2 fully saturated rings. The van der Waals surface area contributed by atoms with E-state index in [1.54, 1.807) is 13.2 Å². The highest BCUT2D eigenvalue weighted by Gasteiger charge is 2.32. The molecule has 2 aliphatic rings. The molecular formula is C18H21N3O4S. The highest BCUT2D eigenvalue weighted by atomic mass is 32.1. The zero-order chi connectivity index (χ0) is 18.5. The largest absolute Gasteiger partial charge is 0.383 e. The minimum Gasteiger partial charge on any atom is -0.383 e. The number of rotatable bonds is 5. The third kappa shape index (κ3) is 4.09. The van der Waals surface area contributed by atoms with Crippen molar-refractivity contribution in [1.29, 1.82) is 0 Å². The number of thiocarbonyl (C=S) groups is 1. The Morgan fingerprint density at radius 3 is 2.58 bits per heavy atom. The first-order chi connectivity index (χ1) is 12.6. The van der Waals surface area contributed by atoms with E-state index in [1.807, 2.05) is 24.3 Å². The third-order valence-corrected chi connectivity index (χ3v) is 4.61. The lowest BCUT2D eigenvalue weighted by Gasteiger charge is -2.29. The van der Waals surface area contributed by atoms with Crippen LogP contribution in [0.15, 0.2) is 29.8 Å². The molecule has 0 unspecified atom stereocenters. The standard InChI is InChI=1S/C18H21N3O4S/c1-24-9-8-21-17(23)15(16(22)19-18(21)26)12-13-2-4-14(5-3-13)20-6-10-25-11-7-20/h2-5,12H,6-11H2,1H3,(H,19,22,26)/b15-12-. The van der Waals surface area contributed by atoms with Gasteiger partial charge in [0.2, 0.25) is 0 Å². The van der Waals surface area contributed by atoms with E-state index in [1.165, 1.54) is 4.90 Å². The van der Waals surface area contributed by atoms with E-state index in [2.05, 4.69) is 10.2 Å². The molecule has 1 N–H and O–H groups in total. The van der Waals surface area contributed by atoms with Crippen molar-refractivity contribution in [2.75, 3.05) is 51.5 Å². The lowest BCUT2D eigenvalue weighted by Crippen LogP contribution is -2.54. The van der Waals surface area contributed by atoms with Gasteiger partial charge < -0.3 is 14.4 Å². The molecule has 7 nitrogen and oxygen atoms in total. The van der Waals surface area contributed by atoms with Crippen LogP contribution in [-0.2, 0) is 19.1 Å². The summed E-state index contributed by atoms with van der Waals surface area (Å²) in [5.74, 6) is -0.890. The van der Waals surface area contributed by atoms with Gasteiger partial charge in [-0.3, -0.25) is 19.8 Å². The Labute approximate surface area is 157 Å². The molecule has 0 bridgehead atoms. The molecule has 0 radical (unpaired) electrons. The van der Waals surface area contributed by atoms with Crippen LogP contribution in [0.4, 0.5) is 5.69 Å². The number of nitrogens with one attached hydrogen (secondary N) is 1. The Kier molecular flexibility index (Phi) is 5.97. The number of hydrogen-bond donors (Lipinski definition) is 1. The lowest BCUT2D eigenvalue weighted by molar-refractivity contribution is -0.129. The van der Waals surface area contributed by atoms with E-state index in [-0.39, 0.29) is 10.7 Å². The van der Waals surface area contributed by atoms with Crippen molar-refractivity contribution in [3.05, 3.63) is 35.4 Å². The summed E-state index contributed by atoms with van der Waals surface area (Å²) >= 11 is 5.08. The molecule has 26 heavy (non-hydrogen) atoms. The Balaban J connectivity index is 1.77. The average molecular weight is 375 g/mol. The highest BCUT2D eigenvalue weighted by molar-refractivity contribution is 7.80. The Morgan fingerprint density at radius 2 is 1.92 bits per heavy atom. The molecule has 0 spiro atoms. The molecule has 138 valence electrons. The maximum atomic E-state index is 12.6. The highest BCUT2D eigenvalue weighted by Crippen LogP contribution is 2.19. The molecular weight excluding hydrogens is 354 g/mol. The van der Waals surface area contributed by atoms with Crippen molar-refractivity contribution < 1.29 is 19.1 Å². The fourth-order valence-electron chi connectivity index (χ4n) is 2.85. The first-order valence-corrected chi connectivity index (χ1v) is 8.81. The molecule has 8 heteroatoms. The summed E-state index contributed by atoms with van der Waals surface area (Å²) < 4.78 is 10.4. The topological polar surface area (TPSA) is 71.1 Å². The predicted octanol–water partition coefficient (Wildman–Crippen LogP) is 0.796. The second-order valence-electron chi connectivity index (χ2n) is 5.96. The monoisotopic (exact) mass is 375 g/mol. The number of ether oxygens (including phenoxy) is 2. The van der Waals surface area contributed by atoms with Crippen LogP contribution in [0.3, 0.4) is 0 Å². The van der Waals surface area contributed by atoms with Crippen LogP contribution in [0.1, 0.15) is 5.56 Å². The van der Waals surface area contributed by atoms with Gasteiger partial charge in [0.15, 0.2) is 5.11 Å². The van der Waals surface area contributed by atoms with Gasteiger partial charge in [-0.25, -0.2) is 0 Å². The first-order valence-electron chi connectivity index (χ1n) is 8.40. The normalized spacial score (nSPS) is 19.9. The summed E-state index contributed by atoms with van der Waals surface area (Å²) in [4.78, 5) is 28.4. The molecule has 0 aromatic heterocycles. The van der Waals surface area contributed by atoms with Crippen molar-refractivity contribution in [2.24, 2.45) is 0 Å². The second-order valence-corrected chi connectivity index (χ2v) is 6.34. The van der Waals surface area contributed by atoms with Crippen LogP contribution >= 0.6 is 12.2 Å². The molecule has 3 rings (SSSR count). The minimum atomic E-state index is -0.481. The Bertz CT molecular complexity index is 726. The van der Waals surface area contributed by atoms with Crippen molar-refractivity contribution in [1.82, 2.24) is 10.2 Å². The summed E-state index contributed by atoms with van der Waals surface area (Å²) in [5, 5.41) is 2.66. The van der Waals surface area contributed by atoms with Gasteiger partial charge in [0, 0.05) is 25.9 Å². The van der Waals surface area contributed by atoms with E-state index in [0.717, 1.165) is 37.6 Å². The van der Waals surface area contributed by atoms with Gasteiger partial charge in [0.05, 0.1) is 26.4 Å². The molecule has 2 aliphatic heterocycles. The summed E-state index contributed by atoms with van der Waals surface area (Å²) in [5.41, 5.74) is 1.94.